The van der Waals surface area contributed by atoms with E-state index in [9.17, 15) is 81.1 Å². The average molecular weight is 1250 g/mol. The lowest BCUT2D eigenvalue weighted by Gasteiger charge is -2.31. The van der Waals surface area contributed by atoms with E-state index in [1.165, 1.54) is 90.4 Å². The molecule has 0 amide bonds. The van der Waals surface area contributed by atoms with Crippen molar-refractivity contribution in [2.45, 2.75) is 83.0 Å². The van der Waals surface area contributed by atoms with Crippen molar-refractivity contribution < 1.29 is 81.0 Å². The number of hydrogen-bond acceptors (Lipinski definition) is 10. The van der Waals surface area contributed by atoms with Crippen LogP contribution < -0.4 is 5.73 Å². The number of rotatable bonds is 12. The van der Waals surface area contributed by atoms with Crippen LogP contribution in [0.3, 0.4) is 0 Å². The molecule has 3 N–H and O–H groups in total. The molecule has 0 saturated carbocycles. The molecule has 3 heterocycles. The van der Waals surface area contributed by atoms with Gasteiger partial charge in [0, 0.05) is 71.5 Å². The number of nitrogen functional groups attached to an aromatic ring is 1. The molecule has 0 aliphatic carbocycles. The van der Waals surface area contributed by atoms with Crippen LogP contribution >= 0.6 is 11.6 Å². The SMILES string of the molecule is CCc1cc(C(F)(C(F)(F)F)C(F)(F)F)cc(C)c1CC(=O)c1ccc(C#N)c(-n2cccn2)c1.CCc1cc(C(F)(C(F)(F)F)C(F)(F)F)cc(C)c1N.N#Cc1ccc(C(=O)Cl)cc1-n1cccn1.N#Cc1ccc(C(=O)O)cc1-n1cccn1. The number of Topliss-reactive ketones (excluding diaryl/α,β-unsaturated/α-hetero) is 1. The van der Waals surface area contributed by atoms with Gasteiger partial charge in [0.1, 0.15) is 18.2 Å². The monoisotopic (exact) mass is 1240 g/mol. The van der Waals surface area contributed by atoms with Crippen molar-refractivity contribution in [3.8, 4) is 35.3 Å². The first-order valence-electron chi connectivity index (χ1n) is 24.8. The highest BCUT2D eigenvalue weighted by Crippen LogP contribution is 2.55. The van der Waals surface area contributed by atoms with Gasteiger partial charge in [0.2, 0.25) is 0 Å². The summed E-state index contributed by atoms with van der Waals surface area (Å²) in [6, 6.07) is 26.2. The molecular formula is C58H43ClF14N10O4. The number of benzene rings is 5. The molecule has 0 aliphatic heterocycles. The Kier molecular flexibility index (Phi) is 21.1. The molecular weight excluding hydrogens is 1200 g/mol. The number of nitrogens with two attached hydrogens (primary N) is 1. The third kappa shape index (κ3) is 14.8. The number of carbonyl (C=O) groups excluding carboxylic acids is 2. The van der Waals surface area contributed by atoms with Crippen LogP contribution in [0.25, 0.3) is 17.1 Å². The maximum Gasteiger partial charge on any atom is 0.435 e. The Labute approximate surface area is 489 Å². The summed E-state index contributed by atoms with van der Waals surface area (Å²) in [5.74, 6) is -1.52. The zero-order chi connectivity index (χ0) is 65.2. The first-order valence-corrected chi connectivity index (χ1v) is 25.2. The second-order valence-electron chi connectivity index (χ2n) is 18.4. The van der Waals surface area contributed by atoms with Gasteiger partial charge in [0.05, 0.1) is 39.3 Å². The molecule has 0 unspecified atom stereocenters. The highest BCUT2D eigenvalue weighted by molar-refractivity contribution is 6.67. The van der Waals surface area contributed by atoms with Gasteiger partial charge in [-0.05, 0) is 145 Å². The number of hydrogen-bond donors (Lipinski definition) is 2. The molecule has 454 valence electrons. The number of carboxylic acid groups (broad SMARTS) is 1. The van der Waals surface area contributed by atoms with Gasteiger partial charge in [-0.2, -0.15) is 83.8 Å². The van der Waals surface area contributed by atoms with Gasteiger partial charge in [-0.15, -0.1) is 0 Å². The number of carbonyl (C=O) groups is 3. The Morgan fingerprint density at radius 2 is 0.874 bits per heavy atom. The lowest BCUT2D eigenvalue weighted by atomic mass is 9.86. The number of nitrogens with zero attached hydrogens (tertiary/aromatic N) is 9. The van der Waals surface area contributed by atoms with E-state index in [1.807, 2.05) is 18.2 Å². The molecule has 0 atom stereocenters. The summed E-state index contributed by atoms with van der Waals surface area (Å²) >= 11 is 5.38. The van der Waals surface area contributed by atoms with Crippen molar-refractivity contribution in [1.82, 2.24) is 29.3 Å². The van der Waals surface area contributed by atoms with E-state index in [0.29, 0.717) is 58.0 Å². The van der Waals surface area contributed by atoms with Crippen molar-refractivity contribution in [1.29, 1.82) is 15.8 Å². The smallest absolute Gasteiger partial charge is 0.435 e. The van der Waals surface area contributed by atoms with Gasteiger partial charge in [0.25, 0.3) is 5.24 Å². The van der Waals surface area contributed by atoms with Crippen LogP contribution in [0.2, 0.25) is 0 Å². The van der Waals surface area contributed by atoms with Crippen molar-refractivity contribution in [2.75, 3.05) is 5.73 Å². The molecule has 0 spiro atoms. The molecule has 29 heteroatoms. The summed E-state index contributed by atoms with van der Waals surface area (Å²) in [5.41, 5.74) is -5.32. The highest BCUT2D eigenvalue weighted by atomic mass is 35.5. The first-order chi connectivity index (χ1) is 40.5. The number of anilines is 1. The Morgan fingerprint density at radius 1 is 0.529 bits per heavy atom. The maximum atomic E-state index is 14.6. The van der Waals surface area contributed by atoms with Gasteiger partial charge in [-0.25, -0.2) is 27.6 Å². The minimum Gasteiger partial charge on any atom is -0.478 e. The number of nitriles is 3. The van der Waals surface area contributed by atoms with Crippen LogP contribution in [0, 0.1) is 47.8 Å². The lowest BCUT2D eigenvalue weighted by Crippen LogP contribution is -2.50. The molecule has 3 aromatic heterocycles. The minimum atomic E-state index is -6.23. The topological polar surface area (TPSA) is 222 Å². The number of ketones is 1. The molecule has 0 aliphatic rings. The van der Waals surface area contributed by atoms with Gasteiger partial charge >= 0.3 is 42.0 Å². The number of aromatic carboxylic acids is 1. The Bertz CT molecular complexity index is 3780. The summed E-state index contributed by atoms with van der Waals surface area (Å²) in [6.07, 6.45) is -15.4. The van der Waals surface area contributed by atoms with Crippen LogP contribution in [-0.4, -0.2) is 76.1 Å². The summed E-state index contributed by atoms with van der Waals surface area (Å²) in [7, 11) is 0. The van der Waals surface area contributed by atoms with E-state index in [0.717, 1.165) is 0 Å². The van der Waals surface area contributed by atoms with Gasteiger partial charge < -0.3 is 10.8 Å². The minimum absolute atomic E-state index is 0.00943. The lowest BCUT2D eigenvalue weighted by molar-refractivity contribution is -0.349. The van der Waals surface area contributed by atoms with Crippen LogP contribution in [0.4, 0.5) is 67.2 Å². The van der Waals surface area contributed by atoms with E-state index in [4.69, 9.17) is 33.0 Å². The van der Waals surface area contributed by atoms with Gasteiger partial charge in [-0.1, -0.05) is 32.0 Å². The number of carboxylic acids is 1. The summed E-state index contributed by atoms with van der Waals surface area (Å²) in [5, 5.41) is 47.5. The van der Waals surface area contributed by atoms with Crippen LogP contribution in [0.15, 0.2) is 134 Å². The van der Waals surface area contributed by atoms with Gasteiger partial charge in [0.15, 0.2) is 5.78 Å². The molecule has 8 aromatic rings. The zero-order valence-corrected chi connectivity index (χ0v) is 46.0. The standard InChI is InChI=1S/C24H18F7N3O.C12H12F7N.C11H6ClN3O.C11H7N3O2/c1-3-15-10-18(22(25,23(26,27)28)24(29,30)31)9-14(2)19(15)12-21(35)16-5-6-17(13-32)20(11-16)34-8-4-7-33-34;1-3-7-5-8(4-6(2)9(7)20)10(13,11(14,15)16)12(17,18)19;12-11(16)8-2-3-9(7-13)10(6-8)15-5-1-4-14-15;12-7-9-3-2-8(11(15)16)6-10(9)14-5-1-4-13-14/h4-11H,3,12H2,1-2H3;4-5H,3,20H2,1-2H3;1-6H;1-6H,(H,15,16). The number of alkyl halides is 14. The van der Waals surface area contributed by atoms with Crippen molar-refractivity contribution in [3.05, 3.63) is 207 Å². The number of halogens is 15. The second-order valence-corrected chi connectivity index (χ2v) is 18.7. The molecule has 14 nitrogen and oxygen atoms in total. The Balaban J connectivity index is 0.000000226. The Morgan fingerprint density at radius 3 is 1.21 bits per heavy atom. The Hall–Kier alpha value is -9.88. The molecule has 0 bridgehead atoms. The van der Waals surface area contributed by atoms with Crippen LogP contribution in [-0.2, 0) is 30.6 Å². The number of aromatic nitrogens is 6. The fourth-order valence-corrected chi connectivity index (χ4v) is 8.49. The summed E-state index contributed by atoms with van der Waals surface area (Å²) in [6.45, 7) is 5.43. The fourth-order valence-electron chi connectivity index (χ4n) is 8.37. The van der Waals surface area contributed by atoms with E-state index >= 15 is 0 Å². The average Bonchev–Trinajstić information content (AvgIpc) is 1.59. The predicted octanol–water partition coefficient (Wildman–Crippen LogP) is 14.3. The second kappa shape index (κ2) is 27.0. The molecule has 0 fully saturated rings. The van der Waals surface area contributed by atoms with Crippen molar-refractivity contribution in [3.63, 3.8) is 0 Å². The third-order valence-corrected chi connectivity index (χ3v) is 13.1. The van der Waals surface area contributed by atoms with Crippen LogP contribution in [0.1, 0.15) is 101 Å². The van der Waals surface area contributed by atoms with Gasteiger partial charge in [-0.3, -0.25) is 9.59 Å². The normalized spacial score (nSPS) is 11.7. The van der Waals surface area contributed by atoms with E-state index in [1.54, 1.807) is 61.3 Å². The molecule has 5 aromatic carbocycles. The predicted molar refractivity (Wildman–Crippen MR) is 285 cm³/mol. The first kappa shape index (κ1) is 67.9. The maximum absolute atomic E-state index is 14.6. The largest absolute Gasteiger partial charge is 0.478 e. The molecule has 0 saturated heterocycles. The van der Waals surface area contributed by atoms with Crippen molar-refractivity contribution >= 4 is 34.3 Å². The zero-order valence-electron chi connectivity index (χ0n) is 45.3. The van der Waals surface area contributed by atoms with Crippen molar-refractivity contribution in [2.24, 2.45) is 0 Å². The summed E-state index contributed by atoms with van der Waals surface area (Å²) < 4.78 is 188. The quantitative estimate of drug-likeness (QED) is 0.0507. The highest BCUT2D eigenvalue weighted by Gasteiger charge is 2.74. The molecule has 87 heavy (non-hydrogen) atoms. The van der Waals surface area contributed by atoms with E-state index < -0.39 is 64.2 Å². The van der Waals surface area contributed by atoms with Crippen LogP contribution in [0.5, 0.6) is 0 Å². The third-order valence-electron chi connectivity index (χ3n) is 12.9. The summed E-state index contributed by atoms with van der Waals surface area (Å²) in [4.78, 5) is 34.8. The fraction of sp³-hybridized carbons (Fsp3) is 0.224. The molecule has 0 radical (unpaired) electrons. The van der Waals surface area contributed by atoms with E-state index in [-0.39, 0.29) is 69.5 Å². The van der Waals surface area contributed by atoms with E-state index in [2.05, 4.69) is 15.3 Å². The molecule has 8 rings (SSSR count). The number of aryl methyl sites for hydroxylation is 4.